The highest BCUT2D eigenvalue weighted by Gasteiger charge is 2.27. The van der Waals surface area contributed by atoms with E-state index in [1.54, 1.807) is 7.11 Å². The molecule has 0 aliphatic carbocycles. The van der Waals surface area contributed by atoms with Crippen molar-refractivity contribution in [2.24, 2.45) is 11.1 Å². The average molecular weight is 202 g/mol. The molecule has 86 valence electrons. The van der Waals surface area contributed by atoms with Crippen molar-refractivity contribution < 1.29 is 4.74 Å². The first kappa shape index (κ1) is 13.9. The van der Waals surface area contributed by atoms with Gasteiger partial charge in [-0.2, -0.15) is 0 Å². The predicted octanol–water partition coefficient (Wildman–Crippen LogP) is 1.33. The minimum absolute atomic E-state index is 0.274. The van der Waals surface area contributed by atoms with Crippen molar-refractivity contribution in [3.05, 3.63) is 0 Å². The maximum Gasteiger partial charge on any atom is 0.0630 e. The van der Waals surface area contributed by atoms with Gasteiger partial charge in [0.1, 0.15) is 0 Å². The normalized spacial score (nSPS) is 17.1. The predicted molar refractivity (Wildman–Crippen MR) is 61.4 cm³/mol. The number of methoxy groups -OCH3 is 1. The highest BCUT2D eigenvalue weighted by molar-refractivity contribution is 4.82. The number of likely N-dealkylation sites (N-methyl/N-ethyl adjacent to an activating group) is 1. The second-order valence-electron chi connectivity index (χ2n) is 5.05. The maximum atomic E-state index is 5.72. The van der Waals surface area contributed by atoms with Crippen LogP contribution < -0.4 is 5.73 Å². The van der Waals surface area contributed by atoms with Crippen LogP contribution in [0.1, 0.15) is 27.7 Å². The summed E-state index contributed by atoms with van der Waals surface area (Å²) < 4.78 is 5.16. The van der Waals surface area contributed by atoms with E-state index in [-0.39, 0.29) is 5.41 Å². The minimum atomic E-state index is 0.274. The number of nitrogens with zero attached hydrogens (tertiary/aromatic N) is 1. The van der Waals surface area contributed by atoms with Gasteiger partial charge in [-0.25, -0.2) is 0 Å². The Morgan fingerprint density at radius 3 is 2.14 bits per heavy atom. The molecule has 0 heterocycles. The standard InChI is InChI=1S/C11H26N2O/c1-9(11(2,3)4)13(5)10(7-12)8-14-6/h9-10H,7-8,12H2,1-6H3. The first-order valence-electron chi connectivity index (χ1n) is 5.25. The summed E-state index contributed by atoms with van der Waals surface area (Å²) in [5.41, 5.74) is 5.99. The van der Waals surface area contributed by atoms with Crippen LogP contribution in [0.3, 0.4) is 0 Å². The molecule has 0 aliphatic heterocycles. The lowest BCUT2D eigenvalue weighted by molar-refractivity contribution is 0.0506. The Kier molecular flexibility index (Phi) is 5.64. The third kappa shape index (κ3) is 3.95. The fraction of sp³-hybridized carbons (Fsp3) is 1.00. The first-order chi connectivity index (χ1) is 6.34. The molecule has 0 aliphatic rings. The zero-order valence-electron chi connectivity index (χ0n) is 10.5. The molecule has 14 heavy (non-hydrogen) atoms. The summed E-state index contributed by atoms with van der Waals surface area (Å²) in [6.45, 7) is 10.3. The van der Waals surface area contributed by atoms with E-state index < -0.39 is 0 Å². The van der Waals surface area contributed by atoms with Gasteiger partial charge in [0, 0.05) is 25.7 Å². The summed E-state index contributed by atoms with van der Waals surface area (Å²) in [5.74, 6) is 0. The number of ether oxygens (including phenoxy) is 1. The largest absolute Gasteiger partial charge is 0.383 e. The molecule has 0 aromatic rings. The topological polar surface area (TPSA) is 38.5 Å². The average Bonchev–Trinajstić information content (AvgIpc) is 2.10. The van der Waals surface area contributed by atoms with Gasteiger partial charge in [-0.15, -0.1) is 0 Å². The van der Waals surface area contributed by atoms with Gasteiger partial charge in [-0.3, -0.25) is 4.90 Å². The van der Waals surface area contributed by atoms with E-state index in [4.69, 9.17) is 10.5 Å². The van der Waals surface area contributed by atoms with Crippen molar-refractivity contribution in [1.29, 1.82) is 0 Å². The Hall–Kier alpha value is -0.120. The molecule has 0 saturated carbocycles. The first-order valence-corrected chi connectivity index (χ1v) is 5.25. The molecule has 2 atom stereocenters. The van der Waals surface area contributed by atoms with Gasteiger partial charge in [0.15, 0.2) is 0 Å². The van der Waals surface area contributed by atoms with E-state index in [1.165, 1.54) is 0 Å². The zero-order chi connectivity index (χ0) is 11.4. The molecular weight excluding hydrogens is 176 g/mol. The maximum absolute atomic E-state index is 5.72. The third-order valence-corrected chi connectivity index (χ3v) is 3.07. The van der Waals surface area contributed by atoms with Crippen LogP contribution in [-0.2, 0) is 4.74 Å². The van der Waals surface area contributed by atoms with Crippen LogP contribution in [-0.4, -0.2) is 44.3 Å². The van der Waals surface area contributed by atoms with Gasteiger partial charge in [-0.1, -0.05) is 20.8 Å². The molecule has 0 saturated heterocycles. The minimum Gasteiger partial charge on any atom is -0.383 e. The van der Waals surface area contributed by atoms with Gasteiger partial charge in [-0.05, 0) is 19.4 Å². The van der Waals surface area contributed by atoms with E-state index in [2.05, 4.69) is 39.6 Å². The fourth-order valence-electron chi connectivity index (χ4n) is 1.47. The molecule has 0 amide bonds. The Labute approximate surface area is 88.6 Å². The lowest BCUT2D eigenvalue weighted by Gasteiger charge is -2.39. The van der Waals surface area contributed by atoms with Crippen LogP contribution in [0.4, 0.5) is 0 Å². The summed E-state index contributed by atoms with van der Waals surface area (Å²) in [4.78, 5) is 2.31. The zero-order valence-corrected chi connectivity index (χ0v) is 10.5. The second kappa shape index (κ2) is 5.69. The van der Waals surface area contributed by atoms with Crippen LogP contribution in [0.5, 0.6) is 0 Å². The highest BCUT2D eigenvalue weighted by atomic mass is 16.5. The molecule has 0 radical (unpaired) electrons. The molecule has 0 rings (SSSR count). The second-order valence-corrected chi connectivity index (χ2v) is 5.05. The van der Waals surface area contributed by atoms with Gasteiger partial charge in [0.2, 0.25) is 0 Å². The van der Waals surface area contributed by atoms with E-state index >= 15 is 0 Å². The molecule has 0 spiro atoms. The highest BCUT2D eigenvalue weighted by Crippen LogP contribution is 2.24. The molecular formula is C11H26N2O. The van der Waals surface area contributed by atoms with E-state index in [0.717, 1.165) is 0 Å². The van der Waals surface area contributed by atoms with Crippen LogP contribution in [0.25, 0.3) is 0 Å². The number of hydrogen-bond donors (Lipinski definition) is 1. The summed E-state index contributed by atoms with van der Waals surface area (Å²) in [6, 6.07) is 0.806. The van der Waals surface area contributed by atoms with Crippen molar-refractivity contribution in [1.82, 2.24) is 4.90 Å². The third-order valence-electron chi connectivity index (χ3n) is 3.07. The summed E-state index contributed by atoms with van der Waals surface area (Å²) in [7, 11) is 3.84. The molecule has 0 aromatic heterocycles. The number of rotatable bonds is 5. The van der Waals surface area contributed by atoms with Gasteiger partial charge >= 0.3 is 0 Å². The smallest absolute Gasteiger partial charge is 0.0630 e. The molecule has 2 N–H and O–H groups in total. The van der Waals surface area contributed by atoms with Crippen molar-refractivity contribution in [3.63, 3.8) is 0 Å². The van der Waals surface area contributed by atoms with Gasteiger partial charge in [0.25, 0.3) is 0 Å². The summed E-state index contributed by atoms with van der Waals surface area (Å²) in [5, 5.41) is 0. The van der Waals surface area contributed by atoms with Gasteiger partial charge in [0.05, 0.1) is 6.61 Å². The van der Waals surface area contributed by atoms with E-state index in [9.17, 15) is 0 Å². The van der Waals surface area contributed by atoms with Crippen molar-refractivity contribution in [3.8, 4) is 0 Å². The molecule has 0 bridgehead atoms. The Bertz CT molecular complexity index is 154. The van der Waals surface area contributed by atoms with Crippen LogP contribution in [0.15, 0.2) is 0 Å². The molecule has 0 aromatic carbocycles. The van der Waals surface area contributed by atoms with Crippen molar-refractivity contribution >= 4 is 0 Å². The SMILES string of the molecule is COCC(CN)N(C)C(C)C(C)(C)C. The van der Waals surface area contributed by atoms with Crippen LogP contribution in [0.2, 0.25) is 0 Å². The molecule has 3 heteroatoms. The summed E-state index contributed by atoms with van der Waals surface area (Å²) >= 11 is 0. The van der Waals surface area contributed by atoms with Crippen molar-refractivity contribution in [2.45, 2.75) is 39.8 Å². The van der Waals surface area contributed by atoms with E-state index in [1.807, 2.05) is 0 Å². The Balaban J connectivity index is 4.33. The Morgan fingerprint density at radius 1 is 1.36 bits per heavy atom. The number of hydrogen-bond acceptors (Lipinski definition) is 3. The Morgan fingerprint density at radius 2 is 1.86 bits per heavy atom. The quantitative estimate of drug-likeness (QED) is 0.731. The molecule has 3 nitrogen and oxygen atoms in total. The number of nitrogens with two attached hydrogens (primary N) is 1. The lowest BCUT2D eigenvalue weighted by atomic mass is 9.86. The van der Waals surface area contributed by atoms with Crippen LogP contribution >= 0.6 is 0 Å². The van der Waals surface area contributed by atoms with Crippen LogP contribution in [0, 0.1) is 5.41 Å². The molecule has 2 unspecified atom stereocenters. The fourth-order valence-corrected chi connectivity index (χ4v) is 1.47. The van der Waals surface area contributed by atoms with Gasteiger partial charge < -0.3 is 10.5 Å². The van der Waals surface area contributed by atoms with Crippen molar-refractivity contribution in [2.75, 3.05) is 27.3 Å². The van der Waals surface area contributed by atoms with E-state index in [0.29, 0.717) is 25.2 Å². The molecule has 0 fully saturated rings. The monoisotopic (exact) mass is 202 g/mol. The lowest BCUT2D eigenvalue weighted by Crippen LogP contribution is -2.50. The summed E-state index contributed by atoms with van der Waals surface area (Å²) in [6.07, 6.45) is 0.